The highest BCUT2D eigenvalue weighted by molar-refractivity contribution is 5.81. The van der Waals surface area contributed by atoms with E-state index in [9.17, 15) is 4.79 Å². The molecule has 0 aromatic carbocycles. The standard InChI is InChI=1S/C21H31N5O/c27-21-17-9-2-1-8-16(17)18-14-24-25(13-5-12-22-15-6-3-7-15)20(18)26(21)19-10-4-11-23-19/h14-15,19,22-23H,1-13H2. The molecule has 6 nitrogen and oxygen atoms in total. The molecule has 1 saturated carbocycles. The smallest absolute Gasteiger partial charge is 0.256 e. The summed E-state index contributed by atoms with van der Waals surface area (Å²) in [5.41, 5.74) is 3.60. The van der Waals surface area contributed by atoms with Crippen LogP contribution in [0.25, 0.3) is 11.0 Å². The van der Waals surface area contributed by atoms with Gasteiger partial charge in [-0.25, -0.2) is 4.68 Å². The molecule has 2 aromatic heterocycles. The number of pyridine rings is 1. The normalized spacial score (nSPS) is 22.9. The van der Waals surface area contributed by atoms with Crippen molar-refractivity contribution in [3.05, 3.63) is 27.7 Å². The number of aryl methyl sites for hydroxylation is 2. The predicted molar refractivity (Wildman–Crippen MR) is 107 cm³/mol. The van der Waals surface area contributed by atoms with Crippen molar-refractivity contribution < 1.29 is 0 Å². The highest BCUT2D eigenvalue weighted by Crippen LogP contribution is 2.29. The number of nitrogens with one attached hydrogen (secondary N) is 2. The average molecular weight is 370 g/mol. The molecule has 3 aliphatic rings. The lowest BCUT2D eigenvalue weighted by Gasteiger charge is -2.26. The molecule has 0 spiro atoms. The number of aromatic nitrogens is 3. The highest BCUT2D eigenvalue weighted by atomic mass is 16.1. The molecular weight excluding hydrogens is 338 g/mol. The van der Waals surface area contributed by atoms with Gasteiger partial charge in [0.05, 0.1) is 12.4 Å². The molecule has 2 aromatic rings. The Kier molecular flexibility index (Phi) is 4.78. The lowest BCUT2D eigenvalue weighted by Crippen LogP contribution is -2.36. The zero-order valence-corrected chi connectivity index (χ0v) is 16.2. The van der Waals surface area contributed by atoms with E-state index in [4.69, 9.17) is 5.10 Å². The Labute approximate surface area is 160 Å². The molecule has 0 bridgehead atoms. The van der Waals surface area contributed by atoms with Crippen molar-refractivity contribution in [1.29, 1.82) is 0 Å². The van der Waals surface area contributed by atoms with E-state index in [0.717, 1.165) is 75.4 Å². The molecule has 0 amide bonds. The van der Waals surface area contributed by atoms with Crippen molar-refractivity contribution in [2.75, 3.05) is 13.1 Å². The van der Waals surface area contributed by atoms with Gasteiger partial charge >= 0.3 is 0 Å². The first-order valence-electron chi connectivity index (χ1n) is 10.9. The minimum atomic E-state index is 0.121. The van der Waals surface area contributed by atoms with E-state index in [1.54, 1.807) is 0 Å². The zero-order valence-electron chi connectivity index (χ0n) is 16.2. The molecule has 2 fully saturated rings. The number of nitrogens with zero attached hydrogens (tertiary/aromatic N) is 3. The summed E-state index contributed by atoms with van der Waals surface area (Å²) in [4.78, 5) is 13.4. The molecule has 1 aliphatic heterocycles. The van der Waals surface area contributed by atoms with Crippen LogP contribution in [0.3, 0.4) is 0 Å². The Morgan fingerprint density at radius 3 is 2.70 bits per heavy atom. The SMILES string of the molecule is O=c1c2c(c3cnn(CCCNC4CCC4)c3n1C1CCCN1)CCCC2. The quantitative estimate of drug-likeness (QED) is 0.768. The van der Waals surface area contributed by atoms with Gasteiger partial charge in [-0.1, -0.05) is 6.42 Å². The van der Waals surface area contributed by atoms with E-state index < -0.39 is 0 Å². The molecule has 3 heterocycles. The molecular formula is C21H31N5O. The van der Waals surface area contributed by atoms with E-state index in [1.165, 1.54) is 36.6 Å². The molecule has 0 radical (unpaired) electrons. The van der Waals surface area contributed by atoms with Crippen LogP contribution in [0.15, 0.2) is 11.0 Å². The maximum absolute atomic E-state index is 13.4. The Bertz CT molecular complexity index is 873. The summed E-state index contributed by atoms with van der Waals surface area (Å²) in [5, 5.41) is 13.1. The van der Waals surface area contributed by atoms with Crippen LogP contribution in [0.1, 0.15) is 68.7 Å². The lowest BCUT2D eigenvalue weighted by atomic mass is 9.91. The van der Waals surface area contributed by atoms with Gasteiger partial charge in [-0.15, -0.1) is 0 Å². The number of hydrogen-bond donors (Lipinski definition) is 2. The minimum Gasteiger partial charge on any atom is -0.314 e. The fraction of sp³-hybridized carbons (Fsp3) is 0.714. The third kappa shape index (κ3) is 3.13. The van der Waals surface area contributed by atoms with Crippen molar-refractivity contribution in [3.63, 3.8) is 0 Å². The summed E-state index contributed by atoms with van der Waals surface area (Å²) in [7, 11) is 0. The summed E-state index contributed by atoms with van der Waals surface area (Å²) < 4.78 is 4.13. The van der Waals surface area contributed by atoms with Gasteiger partial charge in [0.1, 0.15) is 5.65 Å². The second-order valence-electron chi connectivity index (χ2n) is 8.49. The first kappa shape index (κ1) is 17.4. The van der Waals surface area contributed by atoms with Crippen LogP contribution in [-0.4, -0.2) is 33.5 Å². The van der Waals surface area contributed by atoms with Crippen molar-refractivity contribution in [3.8, 4) is 0 Å². The van der Waals surface area contributed by atoms with Crippen molar-refractivity contribution in [1.82, 2.24) is 25.0 Å². The Morgan fingerprint density at radius 2 is 1.96 bits per heavy atom. The summed E-state index contributed by atoms with van der Waals surface area (Å²) in [6, 6.07) is 0.729. The van der Waals surface area contributed by atoms with E-state index in [1.807, 2.05) is 10.8 Å². The van der Waals surface area contributed by atoms with Crippen molar-refractivity contribution in [2.45, 2.75) is 83.0 Å². The molecule has 6 heteroatoms. The first-order chi connectivity index (χ1) is 13.3. The van der Waals surface area contributed by atoms with Gasteiger partial charge in [0.25, 0.3) is 5.56 Å². The van der Waals surface area contributed by atoms with Gasteiger partial charge in [0.15, 0.2) is 0 Å². The molecule has 2 N–H and O–H groups in total. The average Bonchev–Trinajstić information content (AvgIpc) is 3.31. The summed E-state index contributed by atoms with van der Waals surface area (Å²) >= 11 is 0. The monoisotopic (exact) mass is 369 g/mol. The van der Waals surface area contributed by atoms with E-state index in [0.29, 0.717) is 0 Å². The Balaban J connectivity index is 1.49. The number of rotatable bonds is 6. The second-order valence-corrected chi connectivity index (χ2v) is 8.49. The van der Waals surface area contributed by atoms with Crippen LogP contribution < -0.4 is 16.2 Å². The molecule has 1 atom stereocenters. The van der Waals surface area contributed by atoms with Gasteiger partial charge in [-0.2, -0.15) is 5.10 Å². The first-order valence-corrected chi connectivity index (χ1v) is 10.9. The highest BCUT2D eigenvalue weighted by Gasteiger charge is 2.27. The second kappa shape index (κ2) is 7.40. The van der Waals surface area contributed by atoms with Gasteiger partial charge in [-0.05, 0) is 76.4 Å². The molecule has 2 aliphatic carbocycles. The molecule has 1 saturated heterocycles. The van der Waals surface area contributed by atoms with E-state index >= 15 is 0 Å². The van der Waals surface area contributed by atoms with Gasteiger partial charge in [0.2, 0.25) is 0 Å². The summed E-state index contributed by atoms with van der Waals surface area (Å²) in [6.45, 7) is 2.90. The van der Waals surface area contributed by atoms with Gasteiger partial charge < -0.3 is 5.32 Å². The third-order valence-electron chi connectivity index (χ3n) is 6.74. The maximum atomic E-state index is 13.4. The Hall–Kier alpha value is -1.66. The topological polar surface area (TPSA) is 63.9 Å². The summed E-state index contributed by atoms with van der Waals surface area (Å²) in [6.07, 6.45) is 13.6. The molecule has 146 valence electrons. The van der Waals surface area contributed by atoms with Gasteiger partial charge in [-0.3, -0.25) is 14.7 Å². The van der Waals surface area contributed by atoms with E-state index in [-0.39, 0.29) is 11.7 Å². The fourth-order valence-electron chi connectivity index (χ4n) is 5.01. The van der Waals surface area contributed by atoms with Crippen LogP contribution in [0.2, 0.25) is 0 Å². The molecule has 27 heavy (non-hydrogen) atoms. The van der Waals surface area contributed by atoms with Crippen LogP contribution in [-0.2, 0) is 19.4 Å². The lowest BCUT2D eigenvalue weighted by molar-refractivity contribution is 0.335. The fourth-order valence-corrected chi connectivity index (χ4v) is 5.01. The zero-order chi connectivity index (χ0) is 18.2. The summed E-state index contributed by atoms with van der Waals surface area (Å²) in [5.74, 6) is 0. The van der Waals surface area contributed by atoms with Crippen LogP contribution in [0.5, 0.6) is 0 Å². The molecule has 5 rings (SSSR count). The maximum Gasteiger partial charge on any atom is 0.256 e. The Morgan fingerprint density at radius 1 is 1.11 bits per heavy atom. The molecule has 1 unspecified atom stereocenters. The van der Waals surface area contributed by atoms with Crippen molar-refractivity contribution >= 4 is 11.0 Å². The largest absolute Gasteiger partial charge is 0.314 e. The van der Waals surface area contributed by atoms with Crippen LogP contribution >= 0.6 is 0 Å². The van der Waals surface area contributed by atoms with Crippen molar-refractivity contribution in [2.24, 2.45) is 0 Å². The predicted octanol–water partition coefficient (Wildman–Crippen LogP) is 2.49. The number of fused-ring (bicyclic) bond motifs is 3. The number of hydrogen-bond acceptors (Lipinski definition) is 4. The third-order valence-corrected chi connectivity index (χ3v) is 6.74. The minimum absolute atomic E-state index is 0.121. The van der Waals surface area contributed by atoms with Crippen LogP contribution in [0, 0.1) is 0 Å². The van der Waals surface area contributed by atoms with E-state index in [2.05, 4.69) is 15.3 Å². The van der Waals surface area contributed by atoms with Crippen LogP contribution in [0.4, 0.5) is 0 Å². The van der Waals surface area contributed by atoms with Gasteiger partial charge in [0, 0.05) is 23.5 Å².